The first-order valence-electron chi connectivity index (χ1n) is 7.65. The minimum Gasteiger partial charge on any atom is -0.493 e. The fourth-order valence-corrected chi connectivity index (χ4v) is 1.92. The van der Waals surface area contributed by atoms with E-state index in [-0.39, 0.29) is 17.9 Å². The van der Waals surface area contributed by atoms with E-state index >= 15 is 0 Å². The molecule has 0 aromatic heterocycles. The molecule has 0 atom stereocenters. The number of esters is 1. The Labute approximate surface area is 149 Å². The van der Waals surface area contributed by atoms with Crippen LogP contribution in [0.3, 0.4) is 0 Å². The van der Waals surface area contributed by atoms with Gasteiger partial charge in [0.2, 0.25) is 0 Å². The number of carbonyl (C=O) groups excluding carboxylic acids is 2. The van der Waals surface area contributed by atoms with Gasteiger partial charge >= 0.3 is 12.1 Å². The van der Waals surface area contributed by atoms with Gasteiger partial charge in [0.15, 0.2) is 11.5 Å². The molecule has 0 aliphatic heterocycles. The first-order chi connectivity index (χ1) is 12.5. The summed E-state index contributed by atoms with van der Waals surface area (Å²) in [5.41, 5.74) is 3.00. The van der Waals surface area contributed by atoms with Gasteiger partial charge in [0.25, 0.3) is 0 Å². The average Bonchev–Trinajstić information content (AvgIpc) is 2.63. The number of amides is 1. The second-order valence-corrected chi connectivity index (χ2v) is 4.90. The Morgan fingerprint density at radius 1 is 1.15 bits per heavy atom. The zero-order valence-electron chi connectivity index (χ0n) is 14.2. The van der Waals surface area contributed by atoms with Crippen molar-refractivity contribution in [2.45, 2.75) is 6.92 Å². The van der Waals surface area contributed by atoms with E-state index in [9.17, 15) is 14.0 Å². The molecule has 2 aromatic carbocycles. The molecule has 2 rings (SSSR count). The summed E-state index contributed by atoms with van der Waals surface area (Å²) in [6, 6.07) is 9.70. The molecular formula is C18H17FN2O5. The fraction of sp³-hybridized carbons (Fsp3) is 0.167. The second kappa shape index (κ2) is 9.16. The van der Waals surface area contributed by atoms with Crippen LogP contribution in [0.5, 0.6) is 11.5 Å². The van der Waals surface area contributed by atoms with Gasteiger partial charge in [0.05, 0.1) is 25.5 Å². The maximum Gasteiger partial charge on any atom is 0.427 e. The molecule has 2 aromatic rings. The van der Waals surface area contributed by atoms with Crippen molar-refractivity contribution in [1.29, 1.82) is 0 Å². The Kier molecular flexibility index (Phi) is 6.67. The molecular weight excluding hydrogens is 343 g/mol. The maximum absolute atomic E-state index is 12.9. The third-order valence-corrected chi connectivity index (χ3v) is 3.12. The first-order valence-corrected chi connectivity index (χ1v) is 7.65. The van der Waals surface area contributed by atoms with Gasteiger partial charge in [-0.1, -0.05) is 0 Å². The number of ether oxygens (including phenoxy) is 3. The first kappa shape index (κ1) is 18.9. The van der Waals surface area contributed by atoms with Crippen LogP contribution in [-0.4, -0.2) is 32.0 Å². The van der Waals surface area contributed by atoms with Gasteiger partial charge in [-0.05, 0) is 55.0 Å². The third kappa shape index (κ3) is 5.30. The van der Waals surface area contributed by atoms with Crippen LogP contribution < -0.4 is 14.9 Å². The molecule has 0 spiro atoms. The van der Waals surface area contributed by atoms with E-state index in [1.807, 2.05) is 0 Å². The highest BCUT2D eigenvalue weighted by Crippen LogP contribution is 2.28. The van der Waals surface area contributed by atoms with Crippen LogP contribution in [0.4, 0.5) is 9.18 Å². The Bertz CT molecular complexity index is 806. The molecule has 1 amide bonds. The highest BCUT2D eigenvalue weighted by Gasteiger charge is 2.13. The van der Waals surface area contributed by atoms with Gasteiger partial charge in [-0.3, -0.25) is 0 Å². The molecule has 136 valence electrons. The topological polar surface area (TPSA) is 86.2 Å². The maximum atomic E-state index is 12.9. The molecule has 0 unspecified atom stereocenters. The molecule has 0 heterocycles. The standard InChI is InChI=1S/C18H17FN2O5/c1-3-25-18(23)21-20-11-12-4-9-15(16(10-12)24-2)26-17(22)13-5-7-14(19)8-6-13/h4-11H,3H2,1-2H3,(H,21,23). The lowest BCUT2D eigenvalue weighted by molar-refractivity contribution is 0.0729. The smallest absolute Gasteiger partial charge is 0.427 e. The van der Waals surface area contributed by atoms with Crippen LogP contribution in [0.25, 0.3) is 0 Å². The molecule has 0 aliphatic rings. The normalized spacial score (nSPS) is 10.4. The van der Waals surface area contributed by atoms with Crippen molar-refractivity contribution in [2.24, 2.45) is 5.10 Å². The van der Waals surface area contributed by atoms with Crippen LogP contribution in [0, 0.1) is 5.82 Å². The summed E-state index contributed by atoms with van der Waals surface area (Å²) < 4.78 is 28.1. The largest absolute Gasteiger partial charge is 0.493 e. The van der Waals surface area contributed by atoms with Crippen LogP contribution in [0.1, 0.15) is 22.8 Å². The van der Waals surface area contributed by atoms with Gasteiger partial charge in [0.1, 0.15) is 5.82 Å². The summed E-state index contributed by atoms with van der Waals surface area (Å²) in [5.74, 6) is -0.606. The van der Waals surface area contributed by atoms with E-state index in [0.29, 0.717) is 11.3 Å². The number of hydrazone groups is 1. The van der Waals surface area contributed by atoms with Crippen molar-refractivity contribution in [3.05, 3.63) is 59.4 Å². The van der Waals surface area contributed by atoms with Crippen molar-refractivity contribution >= 4 is 18.3 Å². The Balaban J connectivity index is 2.08. The van der Waals surface area contributed by atoms with Gasteiger partial charge in [-0.25, -0.2) is 19.4 Å². The predicted octanol–water partition coefficient (Wildman–Crippen LogP) is 3.13. The van der Waals surface area contributed by atoms with Crippen molar-refractivity contribution in [1.82, 2.24) is 5.43 Å². The third-order valence-electron chi connectivity index (χ3n) is 3.12. The number of methoxy groups -OCH3 is 1. The molecule has 0 saturated heterocycles. The number of benzene rings is 2. The molecule has 0 aliphatic carbocycles. The summed E-state index contributed by atoms with van der Waals surface area (Å²) in [4.78, 5) is 23.2. The number of nitrogens with zero attached hydrogens (tertiary/aromatic N) is 1. The number of carbonyl (C=O) groups is 2. The Morgan fingerprint density at radius 3 is 2.54 bits per heavy atom. The molecule has 0 saturated carbocycles. The molecule has 8 heteroatoms. The molecule has 1 N–H and O–H groups in total. The van der Waals surface area contributed by atoms with E-state index in [1.54, 1.807) is 19.1 Å². The van der Waals surface area contributed by atoms with Gasteiger partial charge < -0.3 is 14.2 Å². The Morgan fingerprint density at radius 2 is 1.88 bits per heavy atom. The lowest BCUT2D eigenvalue weighted by atomic mass is 10.2. The second-order valence-electron chi connectivity index (χ2n) is 4.90. The number of nitrogens with one attached hydrogen (secondary N) is 1. The average molecular weight is 360 g/mol. The fourth-order valence-electron chi connectivity index (χ4n) is 1.92. The van der Waals surface area contributed by atoms with Crippen molar-refractivity contribution < 1.29 is 28.2 Å². The lowest BCUT2D eigenvalue weighted by Gasteiger charge is -2.10. The molecule has 0 bridgehead atoms. The van der Waals surface area contributed by atoms with E-state index in [2.05, 4.69) is 15.3 Å². The summed E-state index contributed by atoms with van der Waals surface area (Å²) in [7, 11) is 1.42. The van der Waals surface area contributed by atoms with Crippen molar-refractivity contribution in [3.8, 4) is 11.5 Å². The summed E-state index contributed by atoms with van der Waals surface area (Å²) in [6.45, 7) is 1.92. The monoisotopic (exact) mass is 360 g/mol. The molecule has 7 nitrogen and oxygen atoms in total. The highest BCUT2D eigenvalue weighted by atomic mass is 19.1. The molecule has 0 radical (unpaired) electrons. The summed E-state index contributed by atoms with van der Waals surface area (Å²) in [6.07, 6.45) is 0.714. The molecule has 0 fully saturated rings. The minimum absolute atomic E-state index is 0.192. The van der Waals surface area contributed by atoms with E-state index in [4.69, 9.17) is 9.47 Å². The van der Waals surface area contributed by atoms with Crippen LogP contribution >= 0.6 is 0 Å². The van der Waals surface area contributed by atoms with Crippen LogP contribution in [-0.2, 0) is 4.74 Å². The Hall–Kier alpha value is -3.42. The zero-order chi connectivity index (χ0) is 18.9. The molecule has 26 heavy (non-hydrogen) atoms. The predicted molar refractivity (Wildman–Crippen MR) is 92.1 cm³/mol. The van der Waals surface area contributed by atoms with Gasteiger partial charge in [0, 0.05) is 0 Å². The number of hydrogen-bond acceptors (Lipinski definition) is 6. The summed E-state index contributed by atoms with van der Waals surface area (Å²) in [5, 5.41) is 3.73. The van der Waals surface area contributed by atoms with E-state index < -0.39 is 17.9 Å². The number of rotatable bonds is 6. The van der Waals surface area contributed by atoms with Crippen LogP contribution in [0.15, 0.2) is 47.6 Å². The van der Waals surface area contributed by atoms with Gasteiger partial charge in [-0.15, -0.1) is 0 Å². The van der Waals surface area contributed by atoms with Gasteiger partial charge in [-0.2, -0.15) is 5.10 Å². The highest BCUT2D eigenvalue weighted by molar-refractivity contribution is 5.91. The number of hydrogen-bond donors (Lipinski definition) is 1. The SMILES string of the molecule is CCOC(=O)NN=Cc1ccc(OC(=O)c2ccc(F)cc2)c(OC)c1. The van der Waals surface area contributed by atoms with Crippen LogP contribution in [0.2, 0.25) is 0 Å². The van der Waals surface area contributed by atoms with Crippen molar-refractivity contribution in [2.75, 3.05) is 13.7 Å². The quantitative estimate of drug-likeness (QED) is 0.370. The minimum atomic E-state index is -0.666. The lowest BCUT2D eigenvalue weighted by Crippen LogP contribution is -2.18. The van der Waals surface area contributed by atoms with E-state index in [1.165, 1.54) is 43.7 Å². The number of halogens is 1. The summed E-state index contributed by atoms with van der Waals surface area (Å²) >= 11 is 0. The zero-order valence-corrected chi connectivity index (χ0v) is 14.2. The van der Waals surface area contributed by atoms with Crippen molar-refractivity contribution in [3.63, 3.8) is 0 Å². The van der Waals surface area contributed by atoms with E-state index in [0.717, 1.165) is 0 Å².